The maximum atomic E-state index is 8.79. The smallest absolute Gasteiger partial charge is 0.101 e. The second kappa shape index (κ2) is 5.27. The van der Waals surface area contributed by atoms with E-state index in [2.05, 4.69) is 6.07 Å². The van der Waals surface area contributed by atoms with Gasteiger partial charge < -0.3 is 5.73 Å². The van der Waals surface area contributed by atoms with Gasteiger partial charge in [0.1, 0.15) is 6.07 Å². The van der Waals surface area contributed by atoms with Crippen LogP contribution in [0.25, 0.3) is 0 Å². The van der Waals surface area contributed by atoms with Crippen molar-refractivity contribution in [1.29, 1.82) is 5.26 Å². The van der Waals surface area contributed by atoms with Crippen molar-refractivity contribution in [3.8, 4) is 6.07 Å². The molecule has 1 aromatic rings. The first-order valence-electron chi connectivity index (χ1n) is 5.76. The lowest BCUT2D eigenvalue weighted by Gasteiger charge is -2.21. The van der Waals surface area contributed by atoms with Crippen LogP contribution < -0.4 is 5.73 Å². The average Bonchev–Trinajstić information content (AvgIpc) is 2.31. The Morgan fingerprint density at radius 3 is 2.62 bits per heavy atom. The van der Waals surface area contributed by atoms with E-state index in [1.54, 1.807) is 0 Å². The van der Waals surface area contributed by atoms with E-state index in [-0.39, 0.29) is 0 Å². The first-order chi connectivity index (χ1) is 7.79. The lowest BCUT2D eigenvalue weighted by Crippen LogP contribution is -2.07. The molecule has 0 saturated heterocycles. The first kappa shape index (κ1) is 11.3. The normalized spacial score (nSPS) is 16.9. The summed E-state index contributed by atoms with van der Waals surface area (Å²) >= 11 is 1.91. The molecule has 0 amide bonds. The van der Waals surface area contributed by atoms with Crippen molar-refractivity contribution in [2.45, 2.75) is 42.2 Å². The summed E-state index contributed by atoms with van der Waals surface area (Å²) in [5, 5.41) is 9.53. The highest BCUT2D eigenvalue weighted by Gasteiger charge is 2.14. The SMILES string of the molecule is N#Cc1ccc(SC2CCCCC2)cc1N. The molecule has 1 aromatic carbocycles. The van der Waals surface area contributed by atoms with Gasteiger partial charge in [-0.15, -0.1) is 11.8 Å². The molecule has 3 heteroatoms. The maximum absolute atomic E-state index is 8.79. The molecule has 0 aliphatic heterocycles. The number of benzene rings is 1. The first-order valence-corrected chi connectivity index (χ1v) is 6.64. The predicted molar refractivity (Wildman–Crippen MR) is 68.3 cm³/mol. The Labute approximate surface area is 101 Å². The topological polar surface area (TPSA) is 49.8 Å². The molecule has 0 unspecified atom stereocenters. The van der Waals surface area contributed by atoms with Gasteiger partial charge in [-0.25, -0.2) is 0 Å². The Kier molecular flexibility index (Phi) is 3.74. The summed E-state index contributed by atoms with van der Waals surface area (Å²) < 4.78 is 0. The van der Waals surface area contributed by atoms with Crippen LogP contribution in [0.4, 0.5) is 5.69 Å². The number of nitrogen functional groups attached to an aromatic ring is 1. The molecular weight excluding hydrogens is 216 g/mol. The van der Waals surface area contributed by atoms with Gasteiger partial charge in [0, 0.05) is 10.1 Å². The summed E-state index contributed by atoms with van der Waals surface area (Å²) in [7, 11) is 0. The minimum absolute atomic E-state index is 0.577. The predicted octanol–water partition coefficient (Wildman–Crippen LogP) is 3.57. The standard InChI is InChI=1S/C13H16N2S/c14-9-10-6-7-12(8-13(10)15)16-11-4-2-1-3-5-11/h6-8,11H,1-5,15H2. The molecule has 0 radical (unpaired) electrons. The van der Waals surface area contributed by atoms with Crippen molar-refractivity contribution in [3.05, 3.63) is 23.8 Å². The van der Waals surface area contributed by atoms with Crippen molar-refractivity contribution in [3.63, 3.8) is 0 Å². The lowest BCUT2D eigenvalue weighted by molar-refractivity contribution is 0.516. The Morgan fingerprint density at radius 2 is 2.00 bits per heavy atom. The summed E-state index contributed by atoms with van der Waals surface area (Å²) in [5.74, 6) is 0. The van der Waals surface area contributed by atoms with Crippen LogP contribution in [-0.2, 0) is 0 Å². The van der Waals surface area contributed by atoms with Crippen LogP contribution in [0.5, 0.6) is 0 Å². The van der Waals surface area contributed by atoms with Gasteiger partial charge in [-0.1, -0.05) is 19.3 Å². The van der Waals surface area contributed by atoms with E-state index < -0.39 is 0 Å². The number of hydrogen-bond acceptors (Lipinski definition) is 3. The minimum atomic E-state index is 0.577. The highest BCUT2D eigenvalue weighted by atomic mass is 32.2. The number of hydrogen-bond donors (Lipinski definition) is 1. The van der Waals surface area contributed by atoms with E-state index in [1.807, 2.05) is 30.0 Å². The van der Waals surface area contributed by atoms with E-state index in [1.165, 1.54) is 37.0 Å². The molecule has 1 saturated carbocycles. The highest BCUT2D eigenvalue weighted by Crippen LogP contribution is 2.34. The second-order valence-electron chi connectivity index (χ2n) is 4.24. The molecule has 16 heavy (non-hydrogen) atoms. The third-order valence-electron chi connectivity index (χ3n) is 3.00. The summed E-state index contributed by atoms with van der Waals surface area (Å²) in [6.07, 6.45) is 6.70. The second-order valence-corrected chi connectivity index (χ2v) is 5.61. The number of nitrogens with two attached hydrogens (primary N) is 1. The number of nitriles is 1. The summed E-state index contributed by atoms with van der Waals surface area (Å²) in [4.78, 5) is 1.20. The monoisotopic (exact) mass is 232 g/mol. The van der Waals surface area contributed by atoms with E-state index in [4.69, 9.17) is 11.0 Å². The molecule has 84 valence electrons. The largest absolute Gasteiger partial charge is 0.398 e. The molecule has 0 bridgehead atoms. The lowest BCUT2D eigenvalue weighted by atomic mass is 10.0. The molecule has 0 spiro atoms. The molecule has 1 aliphatic carbocycles. The Balaban J connectivity index is 2.04. The van der Waals surface area contributed by atoms with Crippen molar-refractivity contribution >= 4 is 17.4 Å². The zero-order chi connectivity index (χ0) is 11.4. The Bertz CT molecular complexity index is 403. The average molecular weight is 232 g/mol. The van der Waals surface area contributed by atoms with Crippen LogP contribution in [0.3, 0.4) is 0 Å². The van der Waals surface area contributed by atoms with E-state index in [0.717, 1.165) is 5.25 Å². The van der Waals surface area contributed by atoms with Crippen LogP contribution in [-0.4, -0.2) is 5.25 Å². The van der Waals surface area contributed by atoms with Crippen molar-refractivity contribution in [1.82, 2.24) is 0 Å². The molecule has 0 aromatic heterocycles. The third-order valence-corrected chi connectivity index (χ3v) is 4.33. The Hall–Kier alpha value is -1.14. The van der Waals surface area contributed by atoms with Gasteiger partial charge in [-0.2, -0.15) is 5.26 Å². The van der Waals surface area contributed by atoms with Gasteiger partial charge in [0.25, 0.3) is 0 Å². The number of thioether (sulfide) groups is 1. The molecule has 0 heterocycles. The van der Waals surface area contributed by atoms with Gasteiger partial charge in [0.15, 0.2) is 0 Å². The number of anilines is 1. The zero-order valence-corrected chi connectivity index (χ0v) is 10.1. The van der Waals surface area contributed by atoms with Crippen LogP contribution in [0.1, 0.15) is 37.7 Å². The molecule has 1 fully saturated rings. The summed E-state index contributed by atoms with van der Waals surface area (Å²) in [6.45, 7) is 0. The molecule has 1 aliphatic rings. The molecule has 2 rings (SSSR count). The van der Waals surface area contributed by atoms with E-state index >= 15 is 0 Å². The fourth-order valence-corrected chi connectivity index (χ4v) is 3.39. The van der Waals surface area contributed by atoms with E-state index in [0.29, 0.717) is 11.3 Å². The fourth-order valence-electron chi connectivity index (χ4n) is 2.09. The molecule has 2 nitrogen and oxygen atoms in total. The molecule has 0 atom stereocenters. The van der Waals surface area contributed by atoms with Crippen LogP contribution in [0.15, 0.2) is 23.1 Å². The van der Waals surface area contributed by atoms with Crippen LogP contribution >= 0.6 is 11.8 Å². The van der Waals surface area contributed by atoms with Gasteiger partial charge in [-0.05, 0) is 31.0 Å². The summed E-state index contributed by atoms with van der Waals surface area (Å²) in [6, 6.07) is 7.85. The zero-order valence-electron chi connectivity index (χ0n) is 9.28. The van der Waals surface area contributed by atoms with Crippen LogP contribution in [0, 0.1) is 11.3 Å². The van der Waals surface area contributed by atoms with Crippen molar-refractivity contribution in [2.24, 2.45) is 0 Å². The Morgan fingerprint density at radius 1 is 1.25 bits per heavy atom. The van der Waals surface area contributed by atoms with Gasteiger partial charge in [0.05, 0.1) is 11.3 Å². The summed E-state index contributed by atoms with van der Waals surface area (Å²) in [5.41, 5.74) is 6.98. The number of rotatable bonds is 2. The minimum Gasteiger partial charge on any atom is -0.398 e. The maximum Gasteiger partial charge on any atom is 0.101 e. The van der Waals surface area contributed by atoms with Crippen molar-refractivity contribution < 1.29 is 0 Å². The van der Waals surface area contributed by atoms with Gasteiger partial charge >= 0.3 is 0 Å². The van der Waals surface area contributed by atoms with E-state index in [9.17, 15) is 0 Å². The van der Waals surface area contributed by atoms with Gasteiger partial charge in [-0.3, -0.25) is 0 Å². The fraction of sp³-hybridized carbons (Fsp3) is 0.462. The van der Waals surface area contributed by atoms with Crippen LogP contribution in [0.2, 0.25) is 0 Å². The quantitative estimate of drug-likeness (QED) is 0.793. The highest BCUT2D eigenvalue weighted by molar-refractivity contribution is 8.00. The van der Waals surface area contributed by atoms with Gasteiger partial charge in [0.2, 0.25) is 0 Å². The molecular formula is C13H16N2S. The third kappa shape index (κ3) is 2.70. The van der Waals surface area contributed by atoms with Crippen molar-refractivity contribution in [2.75, 3.05) is 5.73 Å². The number of nitrogens with zero attached hydrogens (tertiary/aromatic N) is 1. The molecule has 2 N–H and O–H groups in total.